The average molecular weight is 308 g/mol. The Morgan fingerprint density at radius 2 is 2.14 bits per heavy atom. The van der Waals surface area contributed by atoms with Crippen molar-refractivity contribution in [2.45, 2.75) is 39.5 Å². The maximum Gasteiger partial charge on any atom is 0.306 e. The Morgan fingerprint density at radius 1 is 1.38 bits per heavy atom. The summed E-state index contributed by atoms with van der Waals surface area (Å²) in [5, 5.41) is 11.6. The molecule has 1 aromatic heterocycles. The third-order valence-corrected chi connectivity index (χ3v) is 3.87. The van der Waals surface area contributed by atoms with Gasteiger partial charge in [0.15, 0.2) is 0 Å². The highest BCUT2D eigenvalue weighted by Gasteiger charge is 2.20. The van der Waals surface area contributed by atoms with Crippen LogP contribution >= 0.6 is 11.3 Å². The lowest BCUT2D eigenvalue weighted by atomic mass is 10.2. The number of amides is 1. The number of nitriles is 1. The van der Waals surface area contributed by atoms with Gasteiger partial charge in [0, 0.05) is 6.42 Å². The highest BCUT2D eigenvalue weighted by Crippen LogP contribution is 2.28. The largest absolute Gasteiger partial charge is 0.466 e. The number of anilines is 1. The molecule has 0 saturated carbocycles. The smallest absolute Gasteiger partial charge is 0.306 e. The third kappa shape index (κ3) is 5.20. The van der Waals surface area contributed by atoms with Crippen molar-refractivity contribution in [2.24, 2.45) is 0 Å². The topological polar surface area (TPSA) is 70.4 Å². The molecule has 114 valence electrons. The van der Waals surface area contributed by atoms with Crippen LogP contribution in [0, 0.1) is 11.3 Å². The van der Waals surface area contributed by atoms with Crippen LogP contribution in [-0.2, 0) is 20.7 Å². The summed E-state index contributed by atoms with van der Waals surface area (Å²) in [7, 11) is 0. The van der Waals surface area contributed by atoms with Crippen LogP contribution in [-0.4, -0.2) is 25.0 Å². The quantitative estimate of drug-likeness (QED) is 0.547. The fourth-order valence-corrected chi connectivity index (χ4v) is 2.83. The van der Waals surface area contributed by atoms with Crippen LogP contribution in [0.25, 0.3) is 0 Å². The highest BCUT2D eigenvalue weighted by atomic mass is 32.1. The molecule has 0 fully saturated rings. The summed E-state index contributed by atoms with van der Waals surface area (Å²) in [6.45, 7) is 4.29. The van der Waals surface area contributed by atoms with E-state index in [0.717, 1.165) is 23.4 Å². The first kappa shape index (κ1) is 17.2. The van der Waals surface area contributed by atoms with Crippen molar-refractivity contribution in [1.82, 2.24) is 0 Å². The molecule has 0 N–H and O–H groups in total. The minimum Gasteiger partial charge on any atom is -0.466 e. The Bertz CT molecular complexity index is 519. The Hall–Kier alpha value is -1.87. The van der Waals surface area contributed by atoms with Gasteiger partial charge in [0.1, 0.15) is 11.5 Å². The fourth-order valence-electron chi connectivity index (χ4n) is 1.81. The average Bonchev–Trinajstić information content (AvgIpc) is 2.96. The van der Waals surface area contributed by atoms with E-state index in [0.29, 0.717) is 6.61 Å². The minimum absolute atomic E-state index is 0.00362. The van der Waals surface area contributed by atoms with Gasteiger partial charge in [0.25, 0.3) is 0 Å². The summed E-state index contributed by atoms with van der Waals surface area (Å²) in [4.78, 5) is 25.1. The Kier molecular flexibility index (Phi) is 7.48. The van der Waals surface area contributed by atoms with Gasteiger partial charge >= 0.3 is 5.97 Å². The first-order chi connectivity index (χ1) is 10.1. The standard InChI is InChI=1S/C15H20N2O3S/c1-3-10-20-14(19)6-5-13(18)17(9-8-16)15-12(4-2)7-11-21-15/h7,11H,3-6,9-10H2,1-2H3. The fraction of sp³-hybridized carbons (Fsp3) is 0.533. The summed E-state index contributed by atoms with van der Waals surface area (Å²) in [6, 6.07) is 3.96. The molecule has 21 heavy (non-hydrogen) atoms. The second kappa shape index (κ2) is 9.14. The molecule has 0 unspecified atom stereocenters. The van der Waals surface area contributed by atoms with Crippen LogP contribution in [0.1, 0.15) is 38.7 Å². The molecule has 0 spiro atoms. The molecular weight excluding hydrogens is 288 g/mol. The maximum absolute atomic E-state index is 12.3. The van der Waals surface area contributed by atoms with Crippen molar-refractivity contribution in [3.05, 3.63) is 17.0 Å². The number of rotatable bonds is 8. The molecule has 1 heterocycles. The molecule has 0 bridgehead atoms. The van der Waals surface area contributed by atoms with Gasteiger partial charge in [-0.2, -0.15) is 5.26 Å². The summed E-state index contributed by atoms with van der Waals surface area (Å²) in [6.07, 6.45) is 1.67. The monoisotopic (exact) mass is 308 g/mol. The van der Waals surface area contributed by atoms with E-state index < -0.39 is 0 Å². The lowest BCUT2D eigenvalue weighted by molar-refractivity contribution is -0.144. The summed E-state index contributed by atoms with van der Waals surface area (Å²) < 4.78 is 4.94. The SMILES string of the molecule is CCCOC(=O)CCC(=O)N(CC#N)c1sccc1CC. The van der Waals surface area contributed by atoms with Crippen LogP contribution < -0.4 is 4.90 Å². The van der Waals surface area contributed by atoms with E-state index in [4.69, 9.17) is 10.00 Å². The van der Waals surface area contributed by atoms with E-state index in [2.05, 4.69) is 0 Å². The number of thiophene rings is 1. The lowest BCUT2D eigenvalue weighted by Gasteiger charge is -2.19. The molecule has 1 amide bonds. The second-order valence-electron chi connectivity index (χ2n) is 4.46. The van der Waals surface area contributed by atoms with Gasteiger partial charge in [-0.05, 0) is 29.9 Å². The second-order valence-corrected chi connectivity index (χ2v) is 5.36. The Labute approximate surface area is 129 Å². The molecule has 0 radical (unpaired) electrons. The van der Waals surface area contributed by atoms with Crippen LogP contribution in [0.3, 0.4) is 0 Å². The Morgan fingerprint density at radius 3 is 2.76 bits per heavy atom. The third-order valence-electron chi connectivity index (χ3n) is 2.89. The zero-order chi connectivity index (χ0) is 15.7. The molecule has 0 aromatic carbocycles. The molecule has 6 heteroatoms. The molecule has 0 saturated heterocycles. The van der Waals surface area contributed by atoms with E-state index in [-0.39, 0.29) is 31.3 Å². The van der Waals surface area contributed by atoms with Gasteiger partial charge < -0.3 is 4.74 Å². The lowest BCUT2D eigenvalue weighted by Crippen LogP contribution is -2.31. The molecule has 0 atom stereocenters. The minimum atomic E-state index is -0.371. The van der Waals surface area contributed by atoms with E-state index in [1.54, 1.807) is 0 Å². The van der Waals surface area contributed by atoms with Gasteiger partial charge in [-0.25, -0.2) is 0 Å². The molecule has 1 aromatic rings. The van der Waals surface area contributed by atoms with E-state index >= 15 is 0 Å². The molecule has 5 nitrogen and oxygen atoms in total. The number of hydrogen-bond acceptors (Lipinski definition) is 5. The predicted molar refractivity (Wildman–Crippen MR) is 82.1 cm³/mol. The number of hydrogen-bond donors (Lipinski definition) is 0. The van der Waals surface area contributed by atoms with Crippen LogP contribution in [0.15, 0.2) is 11.4 Å². The molecule has 0 aliphatic carbocycles. The normalized spacial score (nSPS) is 9.95. The van der Waals surface area contributed by atoms with Gasteiger partial charge in [-0.15, -0.1) is 11.3 Å². The zero-order valence-corrected chi connectivity index (χ0v) is 13.2. The number of aryl methyl sites for hydroxylation is 1. The molecule has 0 aliphatic rings. The number of nitrogens with zero attached hydrogens (tertiary/aromatic N) is 2. The summed E-state index contributed by atoms with van der Waals surface area (Å²) in [5.74, 6) is -0.592. The van der Waals surface area contributed by atoms with Gasteiger partial charge in [0.2, 0.25) is 5.91 Å². The van der Waals surface area contributed by atoms with Crippen LogP contribution in [0.5, 0.6) is 0 Å². The summed E-state index contributed by atoms with van der Waals surface area (Å²) in [5.41, 5.74) is 1.04. The maximum atomic E-state index is 12.3. The van der Waals surface area contributed by atoms with Crippen molar-refractivity contribution in [2.75, 3.05) is 18.1 Å². The van der Waals surface area contributed by atoms with Crippen LogP contribution in [0.2, 0.25) is 0 Å². The van der Waals surface area contributed by atoms with Crippen molar-refractivity contribution in [3.63, 3.8) is 0 Å². The van der Waals surface area contributed by atoms with Gasteiger partial charge in [-0.3, -0.25) is 14.5 Å². The zero-order valence-electron chi connectivity index (χ0n) is 12.4. The van der Waals surface area contributed by atoms with Crippen molar-refractivity contribution in [1.29, 1.82) is 5.26 Å². The summed E-state index contributed by atoms with van der Waals surface area (Å²) >= 11 is 1.44. The first-order valence-electron chi connectivity index (χ1n) is 7.03. The molecular formula is C15H20N2O3S. The molecule has 0 aliphatic heterocycles. The number of carbonyl (C=O) groups excluding carboxylic acids is 2. The highest BCUT2D eigenvalue weighted by molar-refractivity contribution is 7.14. The predicted octanol–water partition coefficient (Wildman–Crippen LogP) is 2.90. The number of carbonyl (C=O) groups is 2. The van der Waals surface area contributed by atoms with Crippen molar-refractivity contribution in [3.8, 4) is 6.07 Å². The van der Waals surface area contributed by atoms with Crippen LogP contribution in [0.4, 0.5) is 5.00 Å². The first-order valence-corrected chi connectivity index (χ1v) is 7.91. The van der Waals surface area contributed by atoms with E-state index in [9.17, 15) is 9.59 Å². The van der Waals surface area contributed by atoms with E-state index in [1.165, 1.54) is 16.2 Å². The van der Waals surface area contributed by atoms with Gasteiger partial charge in [0.05, 0.1) is 19.1 Å². The number of ether oxygens (including phenoxy) is 1. The van der Waals surface area contributed by atoms with Crippen molar-refractivity contribution < 1.29 is 14.3 Å². The van der Waals surface area contributed by atoms with E-state index in [1.807, 2.05) is 31.4 Å². The molecule has 1 rings (SSSR count). The number of esters is 1. The van der Waals surface area contributed by atoms with Gasteiger partial charge in [-0.1, -0.05) is 13.8 Å². The van der Waals surface area contributed by atoms with Crippen molar-refractivity contribution >= 4 is 28.2 Å². The Balaban J connectivity index is 2.67.